The molecule has 1 aromatic carbocycles. The molecule has 1 saturated heterocycles. The van der Waals surface area contributed by atoms with Crippen LogP contribution in [0.4, 0.5) is 5.69 Å². The van der Waals surface area contributed by atoms with Gasteiger partial charge in [0.25, 0.3) is 0 Å². The lowest BCUT2D eigenvalue weighted by Crippen LogP contribution is -2.54. The molecule has 1 aromatic rings. The Morgan fingerprint density at radius 3 is 2.65 bits per heavy atom. The maximum Gasteiger partial charge on any atom is 0.331 e. The SMILES string of the molecule is CCN1CCC(Nc2cccc(C)c2)(C(=O)OC)CC1. The van der Waals surface area contributed by atoms with Crippen LogP contribution in [0.25, 0.3) is 0 Å². The van der Waals surface area contributed by atoms with Crippen molar-refractivity contribution in [3.05, 3.63) is 29.8 Å². The van der Waals surface area contributed by atoms with Crippen LogP contribution in [0.3, 0.4) is 0 Å². The van der Waals surface area contributed by atoms with Crippen molar-refractivity contribution in [2.24, 2.45) is 0 Å². The molecule has 0 radical (unpaired) electrons. The number of likely N-dealkylation sites (tertiary alicyclic amines) is 1. The molecule has 0 atom stereocenters. The number of piperidine rings is 1. The van der Waals surface area contributed by atoms with E-state index in [1.807, 2.05) is 12.1 Å². The average Bonchev–Trinajstić information content (AvgIpc) is 2.47. The van der Waals surface area contributed by atoms with E-state index < -0.39 is 5.54 Å². The van der Waals surface area contributed by atoms with Crippen LogP contribution in [-0.4, -0.2) is 43.2 Å². The molecule has 1 aliphatic heterocycles. The number of ether oxygens (including phenoxy) is 1. The molecule has 20 heavy (non-hydrogen) atoms. The van der Waals surface area contributed by atoms with Crippen LogP contribution in [0.1, 0.15) is 25.3 Å². The average molecular weight is 276 g/mol. The molecule has 4 heteroatoms. The summed E-state index contributed by atoms with van der Waals surface area (Å²) >= 11 is 0. The van der Waals surface area contributed by atoms with Crippen molar-refractivity contribution < 1.29 is 9.53 Å². The molecule has 0 aliphatic carbocycles. The van der Waals surface area contributed by atoms with Crippen LogP contribution in [0.15, 0.2) is 24.3 Å². The smallest absolute Gasteiger partial charge is 0.331 e. The number of carbonyl (C=O) groups excluding carboxylic acids is 1. The van der Waals surface area contributed by atoms with Crippen LogP contribution < -0.4 is 5.32 Å². The van der Waals surface area contributed by atoms with Gasteiger partial charge >= 0.3 is 5.97 Å². The van der Waals surface area contributed by atoms with Crippen molar-refractivity contribution >= 4 is 11.7 Å². The molecular formula is C16H24N2O2. The first kappa shape index (κ1) is 14.9. The number of esters is 1. The van der Waals surface area contributed by atoms with Crippen molar-refractivity contribution in [2.75, 3.05) is 32.1 Å². The molecule has 0 saturated carbocycles. The molecule has 1 aliphatic rings. The predicted molar refractivity (Wildman–Crippen MR) is 80.9 cm³/mol. The van der Waals surface area contributed by atoms with E-state index in [1.165, 1.54) is 12.7 Å². The van der Waals surface area contributed by atoms with Gasteiger partial charge < -0.3 is 15.0 Å². The summed E-state index contributed by atoms with van der Waals surface area (Å²) in [5.74, 6) is -0.158. The van der Waals surface area contributed by atoms with E-state index in [0.717, 1.165) is 38.2 Å². The van der Waals surface area contributed by atoms with Crippen molar-refractivity contribution in [1.82, 2.24) is 4.90 Å². The molecule has 2 rings (SSSR count). The minimum Gasteiger partial charge on any atom is -0.467 e. The van der Waals surface area contributed by atoms with Crippen molar-refractivity contribution in [3.63, 3.8) is 0 Å². The molecule has 1 N–H and O–H groups in total. The lowest BCUT2D eigenvalue weighted by atomic mass is 9.87. The third kappa shape index (κ3) is 3.12. The number of hydrogen-bond acceptors (Lipinski definition) is 4. The van der Waals surface area contributed by atoms with Crippen LogP contribution in [-0.2, 0) is 9.53 Å². The number of nitrogens with one attached hydrogen (secondary N) is 1. The Bertz CT molecular complexity index is 465. The summed E-state index contributed by atoms with van der Waals surface area (Å²) < 4.78 is 5.04. The highest BCUT2D eigenvalue weighted by Crippen LogP contribution is 2.28. The van der Waals surface area contributed by atoms with E-state index in [9.17, 15) is 4.79 Å². The van der Waals surface area contributed by atoms with E-state index in [0.29, 0.717) is 0 Å². The second-order valence-corrected chi connectivity index (χ2v) is 5.50. The van der Waals surface area contributed by atoms with Crippen LogP contribution in [0.5, 0.6) is 0 Å². The van der Waals surface area contributed by atoms with Crippen molar-refractivity contribution in [2.45, 2.75) is 32.2 Å². The number of carbonyl (C=O) groups is 1. The minimum atomic E-state index is -0.589. The molecular weight excluding hydrogens is 252 g/mol. The van der Waals surface area contributed by atoms with Crippen LogP contribution in [0.2, 0.25) is 0 Å². The normalized spacial score (nSPS) is 18.6. The third-order valence-corrected chi connectivity index (χ3v) is 4.13. The van der Waals surface area contributed by atoms with E-state index >= 15 is 0 Å². The van der Waals surface area contributed by atoms with Gasteiger partial charge in [-0.15, -0.1) is 0 Å². The quantitative estimate of drug-likeness (QED) is 0.858. The van der Waals surface area contributed by atoms with Gasteiger partial charge in [-0.2, -0.15) is 0 Å². The predicted octanol–water partition coefficient (Wildman–Crippen LogP) is 2.43. The Morgan fingerprint density at radius 1 is 1.40 bits per heavy atom. The van der Waals surface area contributed by atoms with Crippen LogP contribution >= 0.6 is 0 Å². The van der Waals surface area contributed by atoms with Crippen molar-refractivity contribution in [1.29, 1.82) is 0 Å². The number of benzene rings is 1. The highest BCUT2D eigenvalue weighted by Gasteiger charge is 2.42. The van der Waals surface area contributed by atoms with Gasteiger partial charge in [-0.25, -0.2) is 4.79 Å². The molecule has 0 aromatic heterocycles. The Hall–Kier alpha value is -1.55. The van der Waals surface area contributed by atoms with Gasteiger partial charge in [-0.3, -0.25) is 0 Å². The maximum atomic E-state index is 12.3. The summed E-state index contributed by atoms with van der Waals surface area (Å²) in [5, 5.41) is 3.43. The largest absolute Gasteiger partial charge is 0.467 e. The molecule has 0 spiro atoms. The fourth-order valence-corrected chi connectivity index (χ4v) is 2.83. The first-order valence-electron chi connectivity index (χ1n) is 7.25. The summed E-state index contributed by atoms with van der Waals surface area (Å²) in [6.07, 6.45) is 1.56. The van der Waals surface area contributed by atoms with Gasteiger partial charge in [0.05, 0.1) is 7.11 Å². The summed E-state index contributed by atoms with van der Waals surface area (Å²) in [6, 6.07) is 8.13. The lowest BCUT2D eigenvalue weighted by Gasteiger charge is -2.40. The van der Waals surface area contributed by atoms with E-state index in [-0.39, 0.29) is 5.97 Å². The molecule has 0 bridgehead atoms. The van der Waals surface area contributed by atoms with Gasteiger partial charge in [0.2, 0.25) is 0 Å². The number of rotatable bonds is 4. The molecule has 0 amide bonds. The fraction of sp³-hybridized carbons (Fsp3) is 0.562. The zero-order valence-corrected chi connectivity index (χ0v) is 12.6. The van der Waals surface area contributed by atoms with Gasteiger partial charge in [0, 0.05) is 18.8 Å². The number of nitrogens with zero attached hydrogens (tertiary/aromatic N) is 1. The van der Waals surface area contributed by atoms with Gasteiger partial charge in [0.15, 0.2) is 0 Å². The number of hydrogen-bond donors (Lipinski definition) is 1. The molecule has 0 unspecified atom stereocenters. The topological polar surface area (TPSA) is 41.6 Å². The molecule has 1 heterocycles. The standard InChI is InChI=1S/C16H24N2O2/c1-4-18-10-8-16(9-11-18,15(19)20-3)17-14-7-5-6-13(2)12-14/h5-7,12,17H,4,8-11H2,1-3H3. The monoisotopic (exact) mass is 276 g/mol. The molecule has 1 fully saturated rings. The van der Waals surface area contributed by atoms with E-state index in [4.69, 9.17) is 4.74 Å². The number of methoxy groups -OCH3 is 1. The number of aryl methyl sites for hydroxylation is 1. The lowest BCUT2D eigenvalue weighted by molar-refractivity contribution is -0.147. The Labute approximate surface area is 121 Å². The molecule has 110 valence electrons. The van der Waals surface area contributed by atoms with Crippen molar-refractivity contribution in [3.8, 4) is 0 Å². The summed E-state index contributed by atoms with van der Waals surface area (Å²) in [5.41, 5.74) is 1.58. The fourth-order valence-electron chi connectivity index (χ4n) is 2.83. The van der Waals surface area contributed by atoms with Gasteiger partial charge in [0.1, 0.15) is 5.54 Å². The van der Waals surface area contributed by atoms with Gasteiger partial charge in [-0.05, 0) is 44.0 Å². The minimum absolute atomic E-state index is 0.158. The third-order valence-electron chi connectivity index (χ3n) is 4.13. The highest BCUT2D eigenvalue weighted by molar-refractivity contribution is 5.84. The van der Waals surface area contributed by atoms with E-state index in [1.54, 1.807) is 0 Å². The summed E-state index contributed by atoms with van der Waals surface area (Å²) in [4.78, 5) is 14.6. The Morgan fingerprint density at radius 2 is 2.10 bits per heavy atom. The summed E-state index contributed by atoms with van der Waals surface area (Å²) in [6.45, 7) is 7.07. The Balaban J connectivity index is 2.18. The Kier molecular flexibility index (Phi) is 4.65. The maximum absolute atomic E-state index is 12.3. The zero-order valence-electron chi connectivity index (χ0n) is 12.6. The van der Waals surface area contributed by atoms with Crippen LogP contribution in [0, 0.1) is 6.92 Å². The first-order valence-corrected chi connectivity index (χ1v) is 7.25. The second kappa shape index (κ2) is 6.27. The summed E-state index contributed by atoms with van der Waals surface area (Å²) in [7, 11) is 1.47. The second-order valence-electron chi connectivity index (χ2n) is 5.50. The molecule has 4 nitrogen and oxygen atoms in total. The zero-order chi connectivity index (χ0) is 14.6. The first-order chi connectivity index (χ1) is 9.59. The number of anilines is 1. The van der Waals surface area contributed by atoms with Gasteiger partial charge in [-0.1, -0.05) is 19.1 Å². The highest BCUT2D eigenvalue weighted by atomic mass is 16.5. The van der Waals surface area contributed by atoms with E-state index in [2.05, 4.69) is 36.2 Å².